The van der Waals surface area contributed by atoms with E-state index in [4.69, 9.17) is 11.8 Å². The molecular weight excluding hydrogens is 182 g/mol. The molecule has 0 unspecified atom stereocenters. The third-order valence-electron chi connectivity index (χ3n) is 1.75. The lowest BCUT2D eigenvalue weighted by molar-refractivity contribution is 0.811. The number of hydrogen-bond donors (Lipinski definition) is 1. The van der Waals surface area contributed by atoms with E-state index < -0.39 is 0 Å². The van der Waals surface area contributed by atoms with Gasteiger partial charge in [-0.1, -0.05) is 42.5 Å². The van der Waals surface area contributed by atoms with Gasteiger partial charge >= 0.3 is 0 Å². The maximum absolute atomic E-state index is 5.32. The molecule has 0 saturated carbocycles. The summed E-state index contributed by atoms with van der Waals surface area (Å²) >= 11 is 5.32. The van der Waals surface area contributed by atoms with E-state index in [0.717, 1.165) is 19.4 Å². The molecule has 0 amide bonds. The molecule has 0 heterocycles. The van der Waals surface area contributed by atoms with Crippen molar-refractivity contribution < 1.29 is 0 Å². The zero-order chi connectivity index (χ0) is 9.36. The fourth-order valence-electron chi connectivity index (χ4n) is 1.07. The van der Waals surface area contributed by atoms with E-state index in [1.54, 1.807) is 0 Å². The zero-order valence-electron chi connectivity index (χ0n) is 7.54. The lowest BCUT2D eigenvalue weighted by Crippen LogP contribution is -1.98. The van der Waals surface area contributed by atoms with Gasteiger partial charge in [-0.15, -0.1) is 0 Å². The second kappa shape index (κ2) is 6.70. The standard InChI is InChI=1S/C11H14ClN/c12-13-10-6-2-5-9-11-7-3-1-4-8-11/h1,3-5,7-9,13H,2,6,10H2. The molecule has 13 heavy (non-hydrogen) atoms. The van der Waals surface area contributed by atoms with Gasteiger partial charge in [0.1, 0.15) is 0 Å². The Kier molecular flexibility index (Phi) is 5.30. The Hall–Kier alpha value is -0.790. The van der Waals surface area contributed by atoms with Crippen molar-refractivity contribution in [2.24, 2.45) is 0 Å². The topological polar surface area (TPSA) is 12.0 Å². The van der Waals surface area contributed by atoms with Crippen molar-refractivity contribution in [3.63, 3.8) is 0 Å². The van der Waals surface area contributed by atoms with Crippen molar-refractivity contribution in [3.05, 3.63) is 42.0 Å². The van der Waals surface area contributed by atoms with E-state index >= 15 is 0 Å². The molecule has 70 valence electrons. The molecule has 0 bridgehead atoms. The van der Waals surface area contributed by atoms with Crippen molar-refractivity contribution in [2.75, 3.05) is 6.54 Å². The lowest BCUT2D eigenvalue weighted by atomic mass is 10.2. The van der Waals surface area contributed by atoms with Crippen LogP contribution in [0.5, 0.6) is 0 Å². The van der Waals surface area contributed by atoms with Gasteiger partial charge in [-0.05, 0) is 30.2 Å². The Balaban J connectivity index is 2.25. The minimum Gasteiger partial charge on any atom is -0.234 e. The van der Waals surface area contributed by atoms with Gasteiger partial charge in [-0.3, -0.25) is 0 Å². The summed E-state index contributed by atoms with van der Waals surface area (Å²) in [6.07, 6.45) is 6.44. The Labute approximate surface area is 84.5 Å². The fraction of sp³-hybridized carbons (Fsp3) is 0.273. The Bertz CT molecular complexity index is 244. The number of rotatable bonds is 5. The van der Waals surface area contributed by atoms with E-state index in [1.165, 1.54) is 5.56 Å². The van der Waals surface area contributed by atoms with Crippen molar-refractivity contribution >= 4 is 17.9 Å². The highest BCUT2D eigenvalue weighted by Crippen LogP contribution is 2.02. The summed E-state index contributed by atoms with van der Waals surface area (Å²) in [6.45, 7) is 0.862. The quantitative estimate of drug-likeness (QED) is 0.562. The van der Waals surface area contributed by atoms with Gasteiger partial charge in [0.25, 0.3) is 0 Å². The normalized spacial score (nSPS) is 10.8. The number of nitrogens with one attached hydrogen (secondary N) is 1. The molecule has 1 aromatic carbocycles. The predicted octanol–water partition coefficient (Wildman–Crippen LogP) is 3.22. The van der Waals surface area contributed by atoms with Gasteiger partial charge in [0.2, 0.25) is 0 Å². The number of unbranched alkanes of at least 4 members (excludes halogenated alkanes) is 1. The number of allylic oxidation sites excluding steroid dienone is 1. The first-order chi connectivity index (χ1) is 6.43. The number of benzene rings is 1. The molecule has 1 nitrogen and oxygen atoms in total. The Morgan fingerprint density at radius 2 is 2.00 bits per heavy atom. The van der Waals surface area contributed by atoms with Crippen molar-refractivity contribution in [1.82, 2.24) is 4.84 Å². The SMILES string of the molecule is ClNCCCC=Cc1ccccc1. The fourth-order valence-corrected chi connectivity index (χ4v) is 1.20. The van der Waals surface area contributed by atoms with E-state index in [0.29, 0.717) is 0 Å². The van der Waals surface area contributed by atoms with Gasteiger partial charge in [0.15, 0.2) is 0 Å². The average Bonchev–Trinajstić information content (AvgIpc) is 2.19. The molecule has 0 aliphatic rings. The Morgan fingerprint density at radius 1 is 1.23 bits per heavy atom. The molecule has 0 radical (unpaired) electrons. The van der Waals surface area contributed by atoms with Crippen LogP contribution in [0.1, 0.15) is 18.4 Å². The second-order valence-corrected chi connectivity index (χ2v) is 3.11. The largest absolute Gasteiger partial charge is 0.234 e. The highest BCUT2D eigenvalue weighted by atomic mass is 35.5. The van der Waals surface area contributed by atoms with Gasteiger partial charge in [-0.25, -0.2) is 4.84 Å². The third kappa shape index (κ3) is 4.71. The summed E-state index contributed by atoms with van der Waals surface area (Å²) < 4.78 is 0. The summed E-state index contributed by atoms with van der Waals surface area (Å²) in [5.41, 5.74) is 1.25. The molecule has 0 atom stereocenters. The maximum atomic E-state index is 5.32. The summed E-state index contributed by atoms with van der Waals surface area (Å²) in [5, 5.41) is 0. The molecule has 1 aromatic rings. The molecule has 0 fully saturated rings. The summed E-state index contributed by atoms with van der Waals surface area (Å²) in [7, 11) is 0. The number of hydrogen-bond acceptors (Lipinski definition) is 1. The zero-order valence-corrected chi connectivity index (χ0v) is 8.30. The van der Waals surface area contributed by atoms with Crippen LogP contribution in [0.3, 0.4) is 0 Å². The Morgan fingerprint density at radius 3 is 2.69 bits per heavy atom. The maximum Gasteiger partial charge on any atom is 0.0111 e. The van der Waals surface area contributed by atoms with Gasteiger partial charge in [0, 0.05) is 6.54 Å². The van der Waals surface area contributed by atoms with Crippen LogP contribution in [0.25, 0.3) is 6.08 Å². The van der Waals surface area contributed by atoms with Crippen LogP contribution in [0.4, 0.5) is 0 Å². The highest BCUT2D eigenvalue weighted by molar-refractivity contribution is 6.13. The van der Waals surface area contributed by atoms with Crippen LogP contribution in [-0.4, -0.2) is 6.54 Å². The first-order valence-electron chi connectivity index (χ1n) is 4.48. The van der Waals surface area contributed by atoms with Crippen molar-refractivity contribution in [3.8, 4) is 0 Å². The lowest BCUT2D eigenvalue weighted by Gasteiger charge is -1.93. The molecule has 0 saturated heterocycles. The molecule has 0 aliphatic heterocycles. The van der Waals surface area contributed by atoms with Gasteiger partial charge in [-0.2, -0.15) is 0 Å². The van der Waals surface area contributed by atoms with Gasteiger partial charge in [0.05, 0.1) is 0 Å². The van der Waals surface area contributed by atoms with E-state index in [-0.39, 0.29) is 0 Å². The van der Waals surface area contributed by atoms with Crippen LogP contribution in [-0.2, 0) is 0 Å². The summed E-state index contributed by atoms with van der Waals surface area (Å²) in [4.78, 5) is 2.60. The summed E-state index contributed by atoms with van der Waals surface area (Å²) in [5.74, 6) is 0. The third-order valence-corrected chi connectivity index (χ3v) is 1.94. The van der Waals surface area contributed by atoms with Crippen LogP contribution in [0.15, 0.2) is 36.4 Å². The molecule has 0 aliphatic carbocycles. The first kappa shape index (κ1) is 10.3. The smallest absolute Gasteiger partial charge is 0.0111 e. The molecule has 2 heteroatoms. The van der Waals surface area contributed by atoms with Gasteiger partial charge < -0.3 is 0 Å². The summed E-state index contributed by atoms with van der Waals surface area (Å²) in [6, 6.07) is 10.3. The molecule has 1 rings (SSSR count). The number of halogens is 1. The van der Waals surface area contributed by atoms with E-state index in [1.807, 2.05) is 18.2 Å². The van der Waals surface area contributed by atoms with Crippen molar-refractivity contribution in [2.45, 2.75) is 12.8 Å². The molecular formula is C11H14ClN. The predicted molar refractivity (Wildman–Crippen MR) is 58.6 cm³/mol. The van der Waals surface area contributed by atoms with Crippen molar-refractivity contribution in [1.29, 1.82) is 0 Å². The monoisotopic (exact) mass is 195 g/mol. The van der Waals surface area contributed by atoms with E-state index in [2.05, 4.69) is 29.1 Å². The highest BCUT2D eigenvalue weighted by Gasteiger charge is 1.83. The molecule has 0 aromatic heterocycles. The first-order valence-corrected chi connectivity index (χ1v) is 4.86. The minimum absolute atomic E-state index is 0.862. The molecule has 1 N–H and O–H groups in total. The van der Waals surface area contributed by atoms with Crippen LogP contribution >= 0.6 is 11.8 Å². The second-order valence-electron chi connectivity index (χ2n) is 2.84. The minimum atomic E-state index is 0.862. The van der Waals surface area contributed by atoms with Crippen LogP contribution in [0, 0.1) is 0 Å². The van der Waals surface area contributed by atoms with E-state index in [9.17, 15) is 0 Å². The van der Waals surface area contributed by atoms with Crippen LogP contribution in [0.2, 0.25) is 0 Å². The van der Waals surface area contributed by atoms with Crippen LogP contribution < -0.4 is 4.84 Å². The average molecular weight is 196 g/mol. The molecule has 0 spiro atoms.